The highest BCUT2D eigenvalue weighted by molar-refractivity contribution is 6.40. The first-order valence-corrected chi connectivity index (χ1v) is 8.37. The minimum atomic E-state index is -0.720. The number of piperazine rings is 1. The Morgan fingerprint density at radius 1 is 0.960 bits per heavy atom. The fourth-order valence-electron chi connectivity index (χ4n) is 2.52. The number of anilines is 2. The summed E-state index contributed by atoms with van der Waals surface area (Å²) in [7, 11) is 0. The Morgan fingerprint density at radius 3 is 2.16 bits per heavy atom. The zero-order valence-corrected chi connectivity index (χ0v) is 14.7. The van der Waals surface area contributed by atoms with Crippen LogP contribution in [-0.4, -0.2) is 52.9 Å². The number of amides is 2. The van der Waals surface area contributed by atoms with Crippen LogP contribution in [0.1, 0.15) is 0 Å². The van der Waals surface area contributed by atoms with E-state index in [1.807, 2.05) is 4.90 Å². The zero-order chi connectivity index (χ0) is 17.8. The normalized spacial score (nSPS) is 14.3. The number of aromatic nitrogens is 2. The van der Waals surface area contributed by atoms with Gasteiger partial charge in [0.05, 0.1) is 0 Å². The third kappa shape index (κ3) is 4.37. The van der Waals surface area contributed by atoms with E-state index in [1.54, 1.807) is 24.5 Å². The Morgan fingerprint density at radius 2 is 1.56 bits per heavy atom. The van der Waals surface area contributed by atoms with Crippen LogP contribution in [0.3, 0.4) is 0 Å². The number of carbonyl (C=O) groups excluding carboxylic acids is 2. The zero-order valence-electron chi connectivity index (χ0n) is 13.2. The summed E-state index contributed by atoms with van der Waals surface area (Å²) in [6, 6.07) is 6.35. The van der Waals surface area contributed by atoms with Crippen LogP contribution in [0.4, 0.5) is 11.6 Å². The summed E-state index contributed by atoms with van der Waals surface area (Å²) in [5, 5.41) is 3.29. The van der Waals surface area contributed by atoms with Crippen LogP contribution in [0.25, 0.3) is 0 Å². The fourth-order valence-corrected chi connectivity index (χ4v) is 3.04. The standard InChI is InChI=1S/C16H15Cl2N5O2/c17-11-8-12(18)10-13(9-11)21-14(24)15(25)22-4-6-23(7-5-22)16-19-2-1-3-20-16/h1-3,8-10H,4-7H2,(H,21,24). The van der Waals surface area contributed by atoms with E-state index < -0.39 is 11.8 Å². The molecule has 9 heteroatoms. The summed E-state index contributed by atoms with van der Waals surface area (Å²) in [6.07, 6.45) is 3.34. The summed E-state index contributed by atoms with van der Waals surface area (Å²) in [5.74, 6) is -0.694. The molecule has 1 fully saturated rings. The largest absolute Gasteiger partial charge is 0.337 e. The second-order valence-electron chi connectivity index (χ2n) is 5.44. The van der Waals surface area contributed by atoms with Crippen LogP contribution in [0.2, 0.25) is 10.0 Å². The van der Waals surface area contributed by atoms with Crippen molar-refractivity contribution in [2.24, 2.45) is 0 Å². The molecule has 130 valence electrons. The summed E-state index contributed by atoms with van der Waals surface area (Å²) in [4.78, 5) is 36.3. The van der Waals surface area contributed by atoms with Gasteiger partial charge < -0.3 is 15.1 Å². The highest BCUT2D eigenvalue weighted by Crippen LogP contribution is 2.22. The topological polar surface area (TPSA) is 78.4 Å². The van der Waals surface area contributed by atoms with Crippen LogP contribution < -0.4 is 10.2 Å². The van der Waals surface area contributed by atoms with Gasteiger partial charge in [-0.15, -0.1) is 0 Å². The van der Waals surface area contributed by atoms with Crippen LogP contribution >= 0.6 is 23.2 Å². The van der Waals surface area contributed by atoms with Gasteiger partial charge in [-0.3, -0.25) is 9.59 Å². The predicted molar refractivity (Wildman–Crippen MR) is 95.9 cm³/mol. The van der Waals surface area contributed by atoms with Crippen LogP contribution in [0, 0.1) is 0 Å². The smallest absolute Gasteiger partial charge is 0.313 e. The van der Waals surface area contributed by atoms with E-state index in [4.69, 9.17) is 23.2 Å². The number of carbonyl (C=O) groups is 2. The summed E-state index contributed by atoms with van der Waals surface area (Å²) in [5.41, 5.74) is 0.382. The third-order valence-electron chi connectivity index (χ3n) is 3.72. The van der Waals surface area contributed by atoms with Gasteiger partial charge in [-0.2, -0.15) is 0 Å². The van der Waals surface area contributed by atoms with Gasteiger partial charge in [0.1, 0.15) is 0 Å². The van der Waals surface area contributed by atoms with Gasteiger partial charge in [0.2, 0.25) is 5.95 Å². The quantitative estimate of drug-likeness (QED) is 0.808. The van der Waals surface area contributed by atoms with E-state index in [0.717, 1.165) is 0 Å². The van der Waals surface area contributed by atoms with E-state index in [1.165, 1.54) is 17.0 Å². The van der Waals surface area contributed by atoms with Crippen molar-refractivity contribution in [3.05, 3.63) is 46.7 Å². The molecule has 0 bridgehead atoms. The number of benzene rings is 1. The average molecular weight is 380 g/mol. The maximum absolute atomic E-state index is 12.3. The Hall–Kier alpha value is -2.38. The monoisotopic (exact) mass is 379 g/mol. The number of rotatable bonds is 2. The minimum absolute atomic E-state index is 0.381. The van der Waals surface area contributed by atoms with Crippen molar-refractivity contribution in [2.75, 3.05) is 36.4 Å². The molecule has 2 aromatic rings. The van der Waals surface area contributed by atoms with Crippen molar-refractivity contribution in [1.82, 2.24) is 14.9 Å². The maximum atomic E-state index is 12.3. The molecule has 3 rings (SSSR count). The molecule has 1 aliphatic rings. The lowest BCUT2D eigenvalue weighted by Crippen LogP contribution is -2.52. The van der Waals surface area contributed by atoms with Gasteiger partial charge in [-0.1, -0.05) is 23.2 Å². The molecule has 1 aliphatic heterocycles. The van der Waals surface area contributed by atoms with E-state index in [9.17, 15) is 9.59 Å². The lowest BCUT2D eigenvalue weighted by Gasteiger charge is -2.34. The number of halogens is 2. The lowest BCUT2D eigenvalue weighted by molar-refractivity contribution is -0.143. The minimum Gasteiger partial charge on any atom is -0.337 e. The Balaban J connectivity index is 1.57. The highest BCUT2D eigenvalue weighted by Gasteiger charge is 2.27. The van der Waals surface area contributed by atoms with Crippen LogP contribution in [0.15, 0.2) is 36.7 Å². The summed E-state index contributed by atoms with van der Waals surface area (Å²) in [6.45, 7) is 1.96. The van der Waals surface area contributed by atoms with Crippen molar-refractivity contribution >= 4 is 46.7 Å². The molecule has 25 heavy (non-hydrogen) atoms. The van der Waals surface area contributed by atoms with Crippen molar-refractivity contribution in [1.29, 1.82) is 0 Å². The second kappa shape index (κ2) is 7.67. The molecule has 2 amide bonds. The van der Waals surface area contributed by atoms with Gasteiger partial charge in [0, 0.05) is 54.3 Å². The molecule has 0 unspecified atom stereocenters. The van der Waals surface area contributed by atoms with Crippen LogP contribution in [-0.2, 0) is 9.59 Å². The molecule has 1 aromatic carbocycles. The number of nitrogens with zero attached hydrogens (tertiary/aromatic N) is 4. The molecular formula is C16H15Cl2N5O2. The van der Waals surface area contributed by atoms with E-state index in [0.29, 0.717) is 47.9 Å². The molecule has 0 atom stereocenters. The first-order valence-electron chi connectivity index (χ1n) is 7.61. The molecule has 7 nitrogen and oxygen atoms in total. The number of nitrogens with one attached hydrogen (secondary N) is 1. The third-order valence-corrected chi connectivity index (χ3v) is 4.15. The van der Waals surface area contributed by atoms with Gasteiger partial charge in [-0.25, -0.2) is 9.97 Å². The van der Waals surface area contributed by atoms with Gasteiger partial charge in [0.25, 0.3) is 0 Å². The molecule has 1 aromatic heterocycles. The van der Waals surface area contributed by atoms with E-state index >= 15 is 0 Å². The molecule has 1 saturated heterocycles. The lowest BCUT2D eigenvalue weighted by atomic mass is 10.3. The predicted octanol–water partition coefficient (Wildman–Crippen LogP) is 2.07. The number of hydrogen-bond acceptors (Lipinski definition) is 5. The molecule has 2 heterocycles. The molecule has 1 N–H and O–H groups in total. The van der Waals surface area contributed by atoms with Crippen molar-refractivity contribution in [2.45, 2.75) is 0 Å². The van der Waals surface area contributed by atoms with E-state index in [2.05, 4.69) is 15.3 Å². The first kappa shape index (κ1) is 17.4. The molecule has 0 saturated carbocycles. The molecule has 0 aliphatic carbocycles. The van der Waals surface area contributed by atoms with Gasteiger partial charge >= 0.3 is 11.8 Å². The molecule has 0 radical (unpaired) electrons. The number of hydrogen-bond donors (Lipinski definition) is 1. The Bertz CT molecular complexity index is 759. The van der Waals surface area contributed by atoms with Crippen molar-refractivity contribution < 1.29 is 9.59 Å². The first-order chi connectivity index (χ1) is 12.0. The maximum Gasteiger partial charge on any atom is 0.313 e. The second-order valence-corrected chi connectivity index (χ2v) is 6.31. The summed E-state index contributed by atoms with van der Waals surface area (Å²) >= 11 is 11.8. The van der Waals surface area contributed by atoms with Gasteiger partial charge in [-0.05, 0) is 24.3 Å². The average Bonchev–Trinajstić information content (AvgIpc) is 2.61. The Kier molecular flexibility index (Phi) is 5.35. The van der Waals surface area contributed by atoms with Crippen molar-refractivity contribution in [3.63, 3.8) is 0 Å². The fraction of sp³-hybridized carbons (Fsp3) is 0.250. The van der Waals surface area contributed by atoms with Gasteiger partial charge in [0.15, 0.2) is 0 Å². The Labute approximate surface area is 154 Å². The molecule has 0 spiro atoms. The molecular weight excluding hydrogens is 365 g/mol. The summed E-state index contributed by atoms with van der Waals surface area (Å²) < 4.78 is 0. The van der Waals surface area contributed by atoms with Crippen molar-refractivity contribution in [3.8, 4) is 0 Å². The van der Waals surface area contributed by atoms with E-state index in [-0.39, 0.29) is 0 Å². The highest BCUT2D eigenvalue weighted by atomic mass is 35.5. The SMILES string of the molecule is O=C(Nc1cc(Cl)cc(Cl)c1)C(=O)N1CCN(c2ncccn2)CC1. The van der Waals surface area contributed by atoms with Crippen LogP contribution in [0.5, 0.6) is 0 Å².